The zero-order valence-electron chi connectivity index (χ0n) is 14.4. The summed E-state index contributed by atoms with van der Waals surface area (Å²) in [5, 5.41) is 5.85. The number of carbonyl (C=O) groups is 1. The van der Waals surface area contributed by atoms with E-state index in [2.05, 4.69) is 20.6 Å². The molecule has 0 aliphatic heterocycles. The molecule has 0 fully saturated rings. The van der Waals surface area contributed by atoms with Gasteiger partial charge in [-0.2, -0.15) is 0 Å². The summed E-state index contributed by atoms with van der Waals surface area (Å²) < 4.78 is 13.3. The standard InChI is InChI=1S/C20H19FN4O/c1-2-11-22-18-13-17(20(26)23-16-10-6-9-15(21)12-16)24-19(25-18)14-7-4-3-5-8-14/h3-10,12-13H,2,11H2,1H3,(H,23,26)(H,22,24,25). The average Bonchev–Trinajstić information content (AvgIpc) is 2.67. The monoisotopic (exact) mass is 350 g/mol. The Labute approximate surface area is 151 Å². The molecule has 3 rings (SSSR count). The van der Waals surface area contributed by atoms with Crippen molar-refractivity contribution in [3.8, 4) is 11.4 Å². The molecular formula is C20H19FN4O. The highest BCUT2D eigenvalue weighted by molar-refractivity contribution is 6.03. The van der Waals surface area contributed by atoms with Crippen LogP contribution in [-0.2, 0) is 0 Å². The minimum absolute atomic E-state index is 0.210. The lowest BCUT2D eigenvalue weighted by atomic mass is 10.2. The first kappa shape index (κ1) is 17.5. The number of hydrogen-bond acceptors (Lipinski definition) is 4. The second-order valence-electron chi connectivity index (χ2n) is 5.72. The van der Waals surface area contributed by atoms with E-state index in [-0.39, 0.29) is 5.69 Å². The van der Waals surface area contributed by atoms with E-state index in [1.807, 2.05) is 37.3 Å². The number of nitrogens with one attached hydrogen (secondary N) is 2. The van der Waals surface area contributed by atoms with Gasteiger partial charge in [0, 0.05) is 23.9 Å². The van der Waals surface area contributed by atoms with Gasteiger partial charge < -0.3 is 10.6 Å². The fraction of sp³-hybridized carbons (Fsp3) is 0.150. The molecule has 0 atom stereocenters. The first-order valence-corrected chi connectivity index (χ1v) is 8.41. The molecule has 2 N–H and O–H groups in total. The molecule has 0 unspecified atom stereocenters. The highest BCUT2D eigenvalue weighted by Gasteiger charge is 2.13. The lowest BCUT2D eigenvalue weighted by molar-refractivity contribution is 0.102. The molecule has 0 saturated carbocycles. The van der Waals surface area contributed by atoms with Crippen LogP contribution < -0.4 is 10.6 Å². The molecule has 0 aliphatic carbocycles. The molecule has 1 amide bonds. The third kappa shape index (κ3) is 4.42. The lowest BCUT2D eigenvalue weighted by Gasteiger charge is -2.10. The van der Waals surface area contributed by atoms with Crippen molar-refractivity contribution in [1.82, 2.24) is 9.97 Å². The van der Waals surface area contributed by atoms with E-state index in [1.165, 1.54) is 18.2 Å². The molecule has 5 nitrogen and oxygen atoms in total. The lowest BCUT2D eigenvalue weighted by Crippen LogP contribution is -2.16. The summed E-state index contributed by atoms with van der Waals surface area (Å²) in [7, 11) is 0. The van der Waals surface area contributed by atoms with E-state index >= 15 is 0 Å². The summed E-state index contributed by atoms with van der Waals surface area (Å²) in [5.74, 6) is 0.191. The van der Waals surface area contributed by atoms with Crippen molar-refractivity contribution in [2.45, 2.75) is 13.3 Å². The summed E-state index contributed by atoms with van der Waals surface area (Å²) in [5.41, 5.74) is 1.40. The molecule has 0 saturated heterocycles. The van der Waals surface area contributed by atoms with Crippen LogP contribution in [0.25, 0.3) is 11.4 Å². The molecule has 3 aromatic rings. The van der Waals surface area contributed by atoms with E-state index in [1.54, 1.807) is 12.1 Å². The molecule has 2 aromatic carbocycles. The van der Waals surface area contributed by atoms with Gasteiger partial charge in [0.05, 0.1) is 0 Å². The van der Waals surface area contributed by atoms with Gasteiger partial charge in [0.15, 0.2) is 5.82 Å². The third-order valence-corrected chi connectivity index (χ3v) is 3.63. The third-order valence-electron chi connectivity index (χ3n) is 3.63. The number of nitrogens with zero attached hydrogens (tertiary/aromatic N) is 2. The number of anilines is 2. The molecule has 0 bridgehead atoms. The fourth-order valence-electron chi connectivity index (χ4n) is 2.38. The van der Waals surface area contributed by atoms with Crippen LogP contribution in [0.3, 0.4) is 0 Å². The van der Waals surface area contributed by atoms with Gasteiger partial charge in [-0.15, -0.1) is 0 Å². The summed E-state index contributed by atoms with van der Waals surface area (Å²) in [6.45, 7) is 2.78. The van der Waals surface area contributed by atoms with Crippen LogP contribution in [0, 0.1) is 5.82 Å². The van der Waals surface area contributed by atoms with Crippen LogP contribution in [0.15, 0.2) is 60.7 Å². The SMILES string of the molecule is CCCNc1cc(C(=O)Nc2cccc(F)c2)nc(-c2ccccc2)n1. The van der Waals surface area contributed by atoms with Crippen molar-refractivity contribution in [2.24, 2.45) is 0 Å². The predicted octanol–water partition coefficient (Wildman–Crippen LogP) is 4.36. The van der Waals surface area contributed by atoms with Crippen LogP contribution in [0.2, 0.25) is 0 Å². The molecule has 26 heavy (non-hydrogen) atoms. The first-order chi connectivity index (χ1) is 12.7. The molecule has 132 valence electrons. The largest absolute Gasteiger partial charge is 0.370 e. The van der Waals surface area contributed by atoms with Crippen LogP contribution in [0.5, 0.6) is 0 Å². The van der Waals surface area contributed by atoms with Crippen molar-refractivity contribution >= 4 is 17.4 Å². The number of benzene rings is 2. The van der Waals surface area contributed by atoms with E-state index in [4.69, 9.17) is 0 Å². The average molecular weight is 350 g/mol. The minimum atomic E-state index is -0.422. The van der Waals surface area contributed by atoms with Gasteiger partial charge in [0.2, 0.25) is 0 Å². The molecule has 1 heterocycles. The smallest absolute Gasteiger partial charge is 0.274 e. The minimum Gasteiger partial charge on any atom is -0.370 e. The van der Waals surface area contributed by atoms with Crippen molar-refractivity contribution in [3.63, 3.8) is 0 Å². The maximum atomic E-state index is 13.3. The van der Waals surface area contributed by atoms with Gasteiger partial charge in [-0.3, -0.25) is 4.79 Å². The number of amides is 1. The Balaban J connectivity index is 1.92. The van der Waals surface area contributed by atoms with Crippen LogP contribution in [-0.4, -0.2) is 22.4 Å². The Morgan fingerprint density at radius 2 is 1.85 bits per heavy atom. The molecule has 0 spiro atoms. The quantitative estimate of drug-likeness (QED) is 0.693. The van der Waals surface area contributed by atoms with Gasteiger partial charge in [-0.05, 0) is 24.6 Å². The molecule has 6 heteroatoms. The highest BCUT2D eigenvalue weighted by atomic mass is 19.1. The van der Waals surface area contributed by atoms with E-state index < -0.39 is 11.7 Å². The van der Waals surface area contributed by atoms with Crippen molar-refractivity contribution in [1.29, 1.82) is 0 Å². The summed E-state index contributed by atoms with van der Waals surface area (Å²) in [6.07, 6.45) is 0.926. The number of carbonyl (C=O) groups excluding carboxylic acids is 1. The number of aromatic nitrogens is 2. The summed E-state index contributed by atoms with van der Waals surface area (Å²) in [6, 6.07) is 16.8. The molecule has 0 radical (unpaired) electrons. The van der Waals surface area contributed by atoms with Crippen LogP contribution >= 0.6 is 0 Å². The van der Waals surface area contributed by atoms with Crippen LogP contribution in [0.1, 0.15) is 23.8 Å². The Hall–Kier alpha value is -3.28. The summed E-state index contributed by atoms with van der Waals surface area (Å²) >= 11 is 0. The first-order valence-electron chi connectivity index (χ1n) is 8.41. The van der Waals surface area contributed by atoms with Crippen LogP contribution in [0.4, 0.5) is 15.9 Å². The Morgan fingerprint density at radius 3 is 2.58 bits per heavy atom. The van der Waals surface area contributed by atoms with E-state index in [0.717, 1.165) is 18.5 Å². The maximum Gasteiger partial charge on any atom is 0.274 e. The van der Waals surface area contributed by atoms with Crippen molar-refractivity contribution in [2.75, 3.05) is 17.2 Å². The fourth-order valence-corrected chi connectivity index (χ4v) is 2.38. The van der Waals surface area contributed by atoms with Gasteiger partial charge in [0.1, 0.15) is 17.3 Å². The van der Waals surface area contributed by atoms with Gasteiger partial charge in [0.25, 0.3) is 5.91 Å². The molecule has 1 aromatic heterocycles. The maximum absolute atomic E-state index is 13.3. The zero-order valence-corrected chi connectivity index (χ0v) is 14.4. The normalized spacial score (nSPS) is 10.4. The van der Waals surface area contributed by atoms with E-state index in [9.17, 15) is 9.18 Å². The molecule has 0 aliphatic rings. The van der Waals surface area contributed by atoms with Gasteiger partial charge in [-0.25, -0.2) is 14.4 Å². The zero-order chi connectivity index (χ0) is 18.4. The number of hydrogen-bond donors (Lipinski definition) is 2. The second-order valence-corrected chi connectivity index (χ2v) is 5.72. The number of rotatable bonds is 6. The Kier molecular flexibility index (Phi) is 5.53. The Bertz CT molecular complexity index is 899. The second kappa shape index (κ2) is 8.20. The van der Waals surface area contributed by atoms with Gasteiger partial charge >= 0.3 is 0 Å². The van der Waals surface area contributed by atoms with Crippen molar-refractivity contribution < 1.29 is 9.18 Å². The predicted molar refractivity (Wildman–Crippen MR) is 101 cm³/mol. The summed E-state index contributed by atoms with van der Waals surface area (Å²) in [4.78, 5) is 21.4. The molecular weight excluding hydrogens is 331 g/mol. The number of halogens is 1. The Morgan fingerprint density at radius 1 is 1.04 bits per heavy atom. The van der Waals surface area contributed by atoms with Crippen molar-refractivity contribution in [3.05, 3.63) is 72.2 Å². The topological polar surface area (TPSA) is 66.9 Å². The van der Waals surface area contributed by atoms with Gasteiger partial charge in [-0.1, -0.05) is 43.3 Å². The highest BCUT2D eigenvalue weighted by Crippen LogP contribution is 2.19. The van der Waals surface area contributed by atoms with E-state index in [0.29, 0.717) is 17.3 Å².